The Balaban J connectivity index is 2.05. The SMILES string of the molecule is CC(C)c1csc(CNC(=O)c2c(F)cccc2Cl)n1. The van der Waals surface area contributed by atoms with E-state index in [9.17, 15) is 9.18 Å². The van der Waals surface area contributed by atoms with Gasteiger partial charge in [-0.05, 0) is 18.1 Å². The van der Waals surface area contributed by atoms with Gasteiger partial charge in [0, 0.05) is 5.38 Å². The van der Waals surface area contributed by atoms with Crippen LogP contribution in [-0.4, -0.2) is 10.9 Å². The zero-order chi connectivity index (χ0) is 14.7. The van der Waals surface area contributed by atoms with Crippen molar-refractivity contribution in [2.75, 3.05) is 0 Å². The molecule has 0 radical (unpaired) electrons. The van der Waals surface area contributed by atoms with Gasteiger partial charge < -0.3 is 5.32 Å². The normalized spacial score (nSPS) is 10.8. The zero-order valence-electron chi connectivity index (χ0n) is 11.1. The Bertz CT molecular complexity index is 607. The van der Waals surface area contributed by atoms with Gasteiger partial charge in [-0.2, -0.15) is 0 Å². The standard InChI is InChI=1S/C14H14ClFN2OS/c1-8(2)11-7-20-12(18-11)6-17-14(19)13-9(15)4-3-5-10(13)16/h3-5,7-8H,6H2,1-2H3,(H,17,19). The average molecular weight is 313 g/mol. The van der Waals surface area contributed by atoms with Crippen molar-refractivity contribution in [3.05, 3.63) is 50.7 Å². The molecule has 0 aliphatic rings. The van der Waals surface area contributed by atoms with E-state index in [0.717, 1.165) is 10.7 Å². The van der Waals surface area contributed by atoms with Gasteiger partial charge in [0.2, 0.25) is 0 Å². The second-order valence-corrected chi connectivity index (χ2v) is 5.95. The molecule has 0 unspecified atom stereocenters. The summed E-state index contributed by atoms with van der Waals surface area (Å²) < 4.78 is 13.6. The van der Waals surface area contributed by atoms with E-state index in [4.69, 9.17) is 11.6 Å². The number of carbonyl (C=O) groups excluding carboxylic acids is 1. The predicted molar refractivity (Wildman–Crippen MR) is 78.8 cm³/mol. The van der Waals surface area contributed by atoms with Gasteiger partial charge in [0.1, 0.15) is 10.8 Å². The van der Waals surface area contributed by atoms with Gasteiger partial charge in [0.05, 0.1) is 22.8 Å². The third-order valence-electron chi connectivity index (χ3n) is 2.75. The highest BCUT2D eigenvalue weighted by molar-refractivity contribution is 7.09. The van der Waals surface area contributed by atoms with Crippen LogP contribution < -0.4 is 5.32 Å². The number of nitrogens with zero attached hydrogens (tertiary/aromatic N) is 1. The highest BCUT2D eigenvalue weighted by Gasteiger charge is 2.16. The van der Waals surface area contributed by atoms with Gasteiger partial charge >= 0.3 is 0 Å². The van der Waals surface area contributed by atoms with Crippen molar-refractivity contribution < 1.29 is 9.18 Å². The number of hydrogen-bond donors (Lipinski definition) is 1. The molecular weight excluding hydrogens is 299 g/mol. The molecule has 2 rings (SSSR count). The molecule has 1 aromatic carbocycles. The number of rotatable bonds is 4. The van der Waals surface area contributed by atoms with E-state index >= 15 is 0 Å². The molecule has 0 atom stereocenters. The maximum Gasteiger partial charge on any atom is 0.256 e. The minimum Gasteiger partial charge on any atom is -0.345 e. The Morgan fingerprint density at radius 3 is 2.85 bits per heavy atom. The summed E-state index contributed by atoms with van der Waals surface area (Å²) in [5.74, 6) is -0.817. The number of hydrogen-bond acceptors (Lipinski definition) is 3. The Kier molecular flexibility index (Phi) is 4.73. The largest absolute Gasteiger partial charge is 0.345 e. The van der Waals surface area contributed by atoms with E-state index in [1.165, 1.54) is 29.5 Å². The van der Waals surface area contributed by atoms with Crippen molar-refractivity contribution in [3.63, 3.8) is 0 Å². The molecular formula is C14H14ClFN2OS. The summed E-state index contributed by atoms with van der Waals surface area (Å²) in [7, 11) is 0. The molecule has 0 fully saturated rings. The Hall–Kier alpha value is -1.46. The molecule has 0 aliphatic carbocycles. The van der Waals surface area contributed by atoms with Gasteiger partial charge in [-0.3, -0.25) is 4.79 Å². The van der Waals surface area contributed by atoms with E-state index < -0.39 is 11.7 Å². The molecule has 1 heterocycles. The lowest BCUT2D eigenvalue weighted by Crippen LogP contribution is -2.24. The fourth-order valence-electron chi connectivity index (χ4n) is 1.63. The van der Waals surface area contributed by atoms with Crippen molar-refractivity contribution in [1.29, 1.82) is 0 Å². The van der Waals surface area contributed by atoms with Crippen LogP contribution in [0.2, 0.25) is 5.02 Å². The van der Waals surface area contributed by atoms with Gasteiger partial charge in [-0.25, -0.2) is 9.37 Å². The summed E-state index contributed by atoms with van der Waals surface area (Å²) in [6.45, 7) is 4.37. The quantitative estimate of drug-likeness (QED) is 0.927. The summed E-state index contributed by atoms with van der Waals surface area (Å²) in [5, 5.41) is 5.48. The molecule has 0 spiro atoms. The number of thiazole rings is 1. The van der Waals surface area contributed by atoms with Gasteiger partial charge in [-0.15, -0.1) is 11.3 Å². The van der Waals surface area contributed by atoms with E-state index in [2.05, 4.69) is 24.1 Å². The fourth-order valence-corrected chi connectivity index (χ4v) is 2.77. The smallest absolute Gasteiger partial charge is 0.256 e. The summed E-state index contributed by atoms with van der Waals surface area (Å²) in [4.78, 5) is 16.3. The first-order valence-electron chi connectivity index (χ1n) is 6.15. The lowest BCUT2D eigenvalue weighted by atomic mass is 10.2. The summed E-state index contributed by atoms with van der Waals surface area (Å²) >= 11 is 7.31. The van der Waals surface area contributed by atoms with Crippen LogP contribution in [0, 0.1) is 5.82 Å². The Labute approximate surface area is 125 Å². The van der Waals surface area contributed by atoms with Crippen molar-refractivity contribution in [2.24, 2.45) is 0 Å². The number of benzene rings is 1. The highest BCUT2D eigenvalue weighted by atomic mass is 35.5. The molecule has 1 N–H and O–H groups in total. The van der Waals surface area contributed by atoms with Crippen molar-refractivity contribution in [1.82, 2.24) is 10.3 Å². The molecule has 1 aromatic heterocycles. The molecule has 20 heavy (non-hydrogen) atoms. The number of carbonyl (C=O) groups is 1. The Morgan fingerprint density at radius 2 is 2.25 bits per heavy atom. The van der Waals surface area contributed by atoms with E-state index in [1.807, 2.05) is 5.38 Å². The van der Waals surface area contributed by atoms with Crippen molar-refractivity contribution in [3.8, 4) is 0 Å². The van der Waals surface area contributed by atoms with Crippen LogP contribution >= 0.6 is 22.9 Å². The van der Waals surface area contributed by atoms with Crippen molar-refractivity contribution >= 4 is 28.8 Å². The molecule has 1 amide bonds. The molecule has 3 nitrogen and oxygen atoms in total. The second-order valence-electron chi connectivity index (χ2n) is 4.60. The second kappa shape index (κ2) is 6.33. The summed E-state index contributed by atoms with van der Waals surface area (Å²) in [6, 6.07) is 4.16. The molecule has 2 aromatic rings. The van der Waals surface area contributed by atoms with Crippen LogP contribution in [0.3, 0.4) is 0 Å². The third kappa shape index (κ3) is 3.35. The van der Waals surface area contributed by atoms with E-state index in [0.29, 0.717) is 5.92 Å². The molecule has 0 saturated carbocycles. The van der Waals surface area contributed by atoms with Crippen LogP contribution in [-0.2, 0) is 6.54 Å². The average Bonchev–Trinajstić information content (AvgIpc) is 2.85. The molecule has 0 aliphatic heterocycles. The molecule has 6 heteroatoms. The maximum absolute atomic E-state index is 13.6. The molecule has 0 saturated heterocycles. The number of nitrogens with one attached hydrogen (secondary N) is 1. The number of aromatic nitrogens is 1. The van der Waals surface area contributed by atoms with Gasteiger partial charge in [0.25, 0.3) is 5.91 Å². The number of halogens is 2. The molecule has 0 bridgehead atoms. The van der Waals surface area contributed by atoms with Crippen LogP contribution in [0.4, 0.5) is 4.39 Å². The lowest BCUT2D eigenvalue weighted by molar-refractivity contribution is 0.0947. The van der Waals surface area contributed by atoms with Crippen molar-refractivity contribution in [2.45, 2.75) is 26.3 Å². The summed E-state index contributed by atoms with van der Waals surface area (Å²) in [6.07, 6.45) is 0. The van der Waals surface area contributed by atoms with Crippen LogP contribution in [0.5, 0.6) is 0 Å². The van der Waals surface area contributed by atoms with E-state index in [-0.39, 0.29) is 17.1 Å². The van der Waals surface area contributed by atoms with Gasteiger partial charge in [0.15, 0.2) is 0 Å². The zero-order valence-corrected chi connectivity index (χ0v) is 12.7. The fraction of sp³-hybridized carbons (Fsp3) is 0.286. The maximum atomic E-state index is 13.6. The minimum absolute atomic E-state index is 0.101. The summed E-state index contributed by atoms with van der Waals surface area (Å²) in [5.41, 5.74) is 0.859. The third-order valence-corrected chi connectivity index (χ3v) is 3.93. The molecule has 106 valence electrons. The first-order valence-corrected chi connectivity index (χ1v) is 7.41. The lowest BCUT2D eigenvalue weighted by Gasteiger charge is -2.06. The van der Waals surface area contributed by atoms with Crippen LogP contribution in [0.15, 0.2) is 23.6 Å². The number of amides is 1. The predicted octanol–water partition coefficient (Wildman–Crippen LogP) is 3.99. The minimum atomic E-state index is -0.628. The topological polar surface area (TPSA) is 42.0 Å². The Morgan fingerprint density at radius 1 is 1.50 bits per heavy atom. The first-order chi connectivity index (χ1) is 9.49. The monoisotopic (exact) mass is 312 g/mol. The highest BCUT2D eigenvalue weighted by Crippen LogP contribution is 2.20. The first kappa shape index (κ1) is 14.9. The van der Waals surface area contributed by atoms with Gasteiger partial charge in [-0.1, -0.05) is 31.5 Å². The van der Waals surface area contributed by atoms with Crippen LogP contribution in [0.1, 0.15) is 40.8 Å². The van der Waals surface area contributed by atoms with E-state index in [1.54, 1.807) is 0 Å². The van der Waals surface area contributed by atoms with Crippen LogP contribution in [0.25, 0.3) is 0 Å².